The molecule has 0 aliphatic carbocycles. The molecule has 1 unspecified atom stereocenters. The fraction of sp³-hybridized carbons (Fsp3) is 0.111. The standard InChI is InChI=1S/C9H9N3O2S.Ag/c13-8(14)9(15)11-10-6-12(9)7-4-2-1-3-5-7;/h1-6,11,15H,(H,13,14);/q;+1/p-1. The fourth-order valence-corrected chi connectivity index (χ4v) is 1.52. The van der Waals surface area contributed by atoms with Gasteiger partial charge in [0.15, 0.2) is 0 Å². The summed E-state index contributed by atoms with van der Waals surface area (Å²) in [6, 6.07) is 8.94. The van der Waals surface area contributed by atoms with E-state index in [4.69, 9.17) is 0 Å². The van der Waals surface area contributed by atoms with Crippen LogP contribution < -0.4 is 15.4 Å². The van der Waals surface area contributed by atoms with Gasteiger partial charge in [0.05, 0.1) is 5.97 Å². The molecule has 1 atom stereocenters. The molecule has 0 aromatic heterocycles. The Balaban J connectivity index is 0.00000128. The third-order valence-electron chi connectivity index (χ3n) is 2.06. The minimum Gasteiger partial charge on any atom is -0.544 e. The molecule has 7 heteroatoms. The van der Waals surface area contributed by atoms with Crippen molar-refractivity contribution < 1.29 is 32.3 Å². The second-order valence-corrected chi connectivity index (χ2v) is 3.67. The number of carboxylic acids is 1. The van der Waals surface area contributed by atoms with E-state index in [1.807, 2.05) is 6.07 Å². The molecule has 0 saturated carbocycles. The van der Waals surface area contributed by atoms with E-state index in [0.29, 0.717) is 5.69 Å². The maximum Gasteiger partial charge on any atom is 1.00 e. The molecule has 0 amide bonds. The van der Waals surface area contributed by atoms with Crippen molar-refractivity contribution in [1.82, 2.24) is 5.43 Å². The number of carbonyl (C=O) groups is 1. The second kappa shape index (κ2) is 4.92. The summed E-state index contributed by atoms with van der Waals surface area (Å²) in [4.78, 5) is 10.7. The Kier molecular flexibility index (Phi) is 4.03. The number of hydrogen-bond donors (Lipinski definition) is 2. The van der Waals surface area contributed by atoms with Crippen molar-refractivity contribution in [3.05, 3.63) is 30.3 Å². The van der Waals surface area contributed by atoms with E-state index in [9.17, 15) is 9.90 Å². The molecule has 1 aliphatic rings. The van der Waals surface area contributed by atoms with Crippen LogP contribution in [-0.4, -0.2) is 17.3 Å². The summed E-state index contributed by atoms with van der Waals surface area (Å²) in [6.07, 6.45) is 1.36. The molecule has 0 spiro atoms. The van der Waals surface area contributed by atoms with Crippen LogP contribution in [0.15, 0.2) is 35.4 Å². The zero-order valence-electron chi connectivity index (χ0n) is 7.92. The summed E-state index contributed by atoms with van der Waals surface area (Å²) in [7, 11) is 0. The molecule has 0 saturated heterocycles. The van der Waals surface area contributed by atoms with Crippen LogP contribution in [0.25, 0.3) is 0 Å². The van der Waals surface area contributed by atoms with Crippen molar-refractivity contribution in [1.29, 1.82) is 0 Å². The number of nitrogens with one attached hydrogen (secondary N) is 1. The van der Waals surface area contributed by atoms with Gasteiger partial charge in [-0.1, -0.05) is 18.2 Å². The molecule has 1 N–H and O–H groups in total. The Hall–Kier alpha value is -0.950. The molecule has 0 bridgehead atoms. The maximum absolute atomic E-state index is 10.9. The number of carbonyl (C=O) groups excluding carboxylic acids is 1. The van der Waals surface area contributed by atoms with Crippen molar-refractivity contribution in [3.8, 4) is 0 Å². The van der Waals surface area contributed by atoms with Gasteiger partial charge in [-0.3, -0.25) is 10.3 Å². The van der Waals surface area contributed by atoms with Gasteiger partial charge < -0.3 is 9.90 Å². The van der Waals surface area contributed by atoms with Crippen LogP contribution in [0.3, 0.4) is 0 Å². The second-order valence-electron chi connectivity index (χ2n) is 3.02. The Morgan fingerprint density at radius 3 is 2.62 bits per heavy atom. The number of hydrazone groups is 1. The van der Waals surface area contributed by atoms with Crippen molar-refractivity contribution in [3.63, 3.8) is 0 Å². The Morgan fingerprint density at radius 2 is 2.06 bits per heavy atom. The number of aliphatic carboxylic acids is 1. The van der Waals surface area contributed by atoms with Gasteiger partial charge in [-0.05, 0) is 12.1 Å². The maximum atomic E-state index is 10.9. The molecule has 2 rings (SSSR count). The zero-order valence-corrected chi connectivity index (χ0v) is 10.3. The summed E-state index contributed by atoms with van der Waals surface area (Å²) in [5.74, 6) is -1.35. The molecule has 1 aromatic rings. The van der Waals surface area contributed by atoms with Gasteiger partial charge in [0, 0.05) is 5.69 Å². The third kappa shape index (κ3) is 2.10. The fourth-order valence-electron chi connectivity index (χ4n) is 1.30. The number of hydrogen-bond acceptors (Lipinski definition) is 6. The number of thiol groups is 1. The van der Waals surface area contributed by atoms with E-state index in [-0.39, 0.29) is 22.4 Å². The summed E-state index contributed by atoms with van der Waals surface area (Å²) in [6.45, 7) is 0. The molecule has 1 aromatic carbocycles. The van der Waals surface area contributed by atoms with Gasteiger partial charge in [0.25, 0.3) is 0 Å². The van der Waals surface area contributed by atoms with Gasteiger partial charge in [0.1, 0.15) is 6.34 Å². The first-order valence-electron chi connectivity index (χ1n) is 4.23. The number of carboxylic acid groups (broad SMARTS) is 1. The number of para-hydroxylation sites is 1. The van der Waals surface area contributed by atoms with Crippen molar-refractivity contribution in [2.45, 2.75) is 4.99 Å². The molecule has 1 heterocycles. The predicted octanol–water partition coefficient (Wildman–Crippen LogP) is -0.630. The molecule has 0 radical (unpaired) electrons. The average molecular weight is 330 g/mol. The van der Waals surface area contributed by atoms with Crippen molar-refractivity contribution in [2.75, 3.05) is 4.90 Å². The summed E-state index contributed by atoms with van der Waals surface area (Å²) < 4.78 is 0. The van der Waals surface area contributed by atoms with Gasteiger partial charge >= 0.3 is 22.4 Å². The van der Waals surface area contributed by atoms with E-state index in [1.165, 1.54) is 11.2 Å². The summed E-state index contributed by atoms with van der Waals surface area (Å²) >= 11 is 4.01. The van der Waals surface area contributed by atoms with Crippen molar-refractivity contribution >= 4 is 30.6 Å². The predicted molar refractivity (Wildman–Crippen MR) is 57.3 cm³/mol. The van der Waals surface area contributed by atoms with Crippen LogP contribution in [0.2, 0.25) is 0 Å². The van der Waals surface area contributed by atoms with Crippen molar-refractivity contribution in [2.24, 2.45) is 5.10 Å². The average Bonchev–Trinajstić information content (AvgIpc) is 2.63. The smallest absolute Gasteiger partial charge is 0.544 e. The Morgan fingerprint density at radius 1 is 1.44 bits per heavy atom. The molecular formula is C9H8AgN3O2S. The molecule has 1 aliphatic heterocycles. The minimum atomic E-state index is -1.62. The van der Waals surface area contributed by atoms with E-state index < -0.39 is 11.0 Å². The van der Waals surface area contributed by atoms with E-state index in [2.05, 4.69) is 23.2 Å². The quantitative estimate of drug-likeness (QED) is 0.560. The van der Waals surface area contributed by atoms with Crippen LogP contribution in [0.1, 0.15) is 0 Å². The molecule has 16 heavy (non-hydrogen) atoms. The first-order chi connectivity index (χ1) is 7.14. The Bertz CT molecular complexity index is 414. The van der Waals surface area contributed by atoms with Crippen LogP contribution in [-0.2, 0) is 27.2 Å². The topological polar surface area (TPSA) is 67.8 Å². The van der Waals surface area contributed by atoms with Gasteiger partial charge in [-0.25, -0.2) is 0 Å². The van der Waals surface area contributed by atoms with Gasteiger partial charge in [-0.2, -0.15) is 5.10 Å². The third-order valence-corrected chi connectivity index (χ3v) is 2.56. The van der Waals surface area contributed by atoms with Crippen LogP contribution >= 0.6 is 12.6 Å². The van der Waals surface area contributed by atoms with E-state index in [0.717, 1.165) is 0 Å². The minimum absolute atomic E-state index is 0. The van der Waals surface area contributed by atoms with Gasteiger partial charge in [-0.15, -0.1) is 12.6 Å². The summed E-state index contributed by atoms with van der Waals surface area (Å²) in [5, 5.41) is 14.6. The first-order valence-corrected chi connectivity index (χ1v) is 4.68. The van der Waals surface area contributed by atoms with Crippen LogP contribution in [0.5, 0.6) is 0 Å². The van der Waals surface area contributed by atoms with Crippen LogP contribution in [0, 0.1) is 0 Å². The monoisotopic (exact) mass is 329 g/mol. The molecule has 5 nitrogen and oxygen atoms in total. The molecule has 0 fully saturated rings. The largest absolute Gasteiger partial charge is 1.00 e. The number of nitrogens with zero attached hydrogens (tertiary/aromatic N) is 2. The number of anilines is 1. The first kappa shape index (κ1) is 13.1. The zero-order chi connectivity index (χ0) is 10.9. The number of rotatable bonds is 2. The van der Waals surface area contributed by atoms with Gasteiger partial charge in [0.2, 0.25) is 4.99 Å². The molecular weight excluding hydrogens is 322 g/mol. The molecule has 88 valence electrons. The SMILES string of the molecule is O=C([O-])C1(S)NN=CN1c1ccccc1.[Ag+]. The van der Waals surface area contributed by atoms with Crippen LogP contribution in [0.4, 0.5) is 5.69 Å². The summed E-state index contributed by atoms with van der Waals surface area (Å²) in [5.41, 5.74) is 3.05. The Labute approximate surface area is 113 Å². The van der Waals surface area contributed by atoms with E-state index >= 15 is 0 Å². The van der Waals surface area contributed by atoms with E-state index in [1.54, 1.807) is 24.3 Å². The normalized spacial score (nSPS) is 22.4. The number of benzene rings is 1.